The van der Waals surface area contributed by atoms with Crippen molar-refractivity contribution >= 4 is 39.1 Å². The summed E-state index contributed by atoms with van der Waals surface area (Å²) in [5, 5.41) is 3.79. The average molecular weight is 672 g/mol. The molecule has 0 heterocycles. The zero-order valence-electron chi connectivity index (χ0n) is 26.9. The van der Waals surface area contributed by atoms with Crippen LogP contribution in [0.4, 0.5) is 5.69 Å². The molecule has 4 aromatic rings. The smallest absolute Gasteiger partial charge is 0.264 e. The van der Waals surface area contributed by atoms with Crippen molar-refractivity contribution in [2.24, 2.45) is 0 Å². The van der Waals surface area contributed by atoms with Crippen LogP contribution in [0.2, 0.25) is 5.02 Å². The molecule has 0 bridgehead atoms. The Balaban J connectivity index is 1.58. The minimum Gasteiger partial charge on any atom is -0.352 e. The predicted octanol–water partition coefficient (Wildman–Crippen LogP) is 7.24. The summed E-state index contributed by atoms with van der Waals surface area (Å²) < 4.78 is 29.7. The van der Waals surface area contributed by atoms with Crippen molar-refractivity contribution in [3.63, 3.8) is 0 Å². The number of halogens is 1. The third-order valence-corrected chi connectivity index (χ3v) is 10.8. The highest BCUT2D eigenvalue weighted by molar-refractivity contribution is 7.92. The van der Waals surface area contributed by atoms with E-state index in [1.165, 1.54) is 21.3 Å². The highest BCUT2D eigenvalue weighted by atomic mass is 35.5. The Morgan fingerprint density at radius 1 is 0.830 bits per heavy atom. The maximum absolute atomic E-state index is 14.7. The Hall–Kier alpha value is -4.14. The van der Waals surface area contributed by atoms with Crippen molar-refractivity contribution in [3.05, 3.63) is 130 Å². The molecule has 1 aliphatic rings. The van der Waals surface area contributed by atoms with Gasteiger partial charge in [0.15, 0.2) is 0 Å². The van der Waals surface area contributed by atoms with Crippen molar-refractivity contribution in [3.8, 4) is 0 Å². The van der Waals surface area contributed by atoms with E-state index in [-0.39, 0.29) is 29.8 Å². The molecule has 9 heteroatoms. The number of nitrogens with one attached hydrogen (secondary N) is 1. The van der Waals surface area contributed by atoms with Crippen LogP contribution in [0.15, 0.2) is 108 Å². The summed E-state index contributed by atoms with van der Waals surface area (Å²) in [7, 11) is -4.16. The molecule has 0 aliphatic heterocycles. The van der Waals surface area contributed by atoms with E-state index in [9.17, 15) is 18.0 Å². The highest BCUT2D eigenvalue weighted by Crippen LogP contribution is 2.29. The number of nitrogens with zero attached hydrogens (tertiary/aromatic N) is 2. The van der Waals surface area contributed by atoms with Gasteiger partial charge in [-0.1, -0.05) is 104 Å². The van der Waals surface area contributed by atoms with Gasteiger partial charge in [-0.3, -0.25) is 13.9 Å². The van der Waals surface area contributed by atoms with E-state index in [0.29, 0.717) is 16.3 Å². The van der Waals surface area contributed by atoms with Crippen LogP contribution in [0.3, 0.4) is 0 Å². The average Bonchev–Trinajstić information content (AvgIpc) is 3.08. The molecule has 4 aromatic carbocycles. The van der Waals surface area contributed by atoms with E-state index >= 15 is 0 Å². The number of amides is 2. The molecule has 1 aliphatic carbocycles. The molecule has 1 fully saturated rings. The van der Waals surface area contributed by atoms with E-state index < -0.39 is 28.5 Å². The van der Waals surface area contributed by atoms with Gasteiger partial charge in [0.1, 0.15) is 12.6 Å². The van der Waals surface area contributed by atoms with Crippen LogP contribution in [0, 0.1) is 13.8 Å². The lowest BCUT2D eigenvalue weighted by atomic mass is 9.94. The lowest BCUT2D eigenvalue weighted by Gasteiger charge is -2.35. The van der Waals surface area contributed by atoms with Crippen molar-refractivity contribution in [1.82, 2.24) is 10.2 Å². The normalized spacial score (nSPS) is 14.3. The second-order valence-corrected chi connectivity index (χ2v) is 14.6. The number of hydrogen-bond acceptors (Lipinski definition) is 4. The van der Waals surface area contributed by atoms with Gasteiger partial charge in [-0.25, -0.2) is 8.42 Å². The molecule has 0 radical (unpaired) electrons. The molecule has 5 rings (SSSR count). The van der Waals surface area contributed by atoms with Gasteiger partial charge in [-0.15, -0.1) is 0 Å². The predicted molar refractivity (Wildman–Crippen MR) is 188 cm³/mol. The second-order valence-electron chi connectivity index (χ2n) is 12.3. The topological polar surface area (TPSA) is 86.8 Å². The molecule has 0 spiro atoms. The fourth-order valence-corrected chi connectivity index (χ4v) is 7.72. The Morgan fingerprint density at radius 2 is 1.47 bits per heavy atom. The molecule has 0 unspecified atom stereocenters. The zero-order valence-corrected chi connectivity index (χ0v) is 28.5. The number of sulfonamides is 1. The third kappa shape index (κ3) is 8.82. The molecular weight excluding hydrogens is 630 g/mol. The van der Waals surface area contributed by atoms with Gasteiger partial charge in [-0.05, 0) is 79.3 Å². The van der Waals surface area contributed by atoms with E-state index in [0.717, 1.165) is 48.8 Å². The summed E-state index contributed by atoms with van der Waals surface area (Å²) in [4.78, 5) is 30.5. The third-order valence-electron chi connectivity index (χ3n) is 8.73. The number of aryl methyl sites for hydroxylation is 2. The largest absolute Gasteiger partial charge is 0.352 e. The van der Waals surface area contributed by atoms with Gasteiger partial charge in [0, 0.05) is 24.0 Å². The van der Waals surface area contributed by atoms with Crippen molar-refractivity contribution in [2.75, 3.05) is 10.8 Å². The minimum absolute atomic E-state index is 0.0342. The van der Waals surface area contributed by atoms with Crippen LogP contribution in [-0.4, -0.2) is 43.8 Å². The summed E-state index contributed by atoms with van der Waals surface area (Å²) in [5.41, 5.74) is 3.66. The SMILES string of the molecule is Cc1ccc(C)c(N(CC(=O)N(Cc2ccc(Cl)cc2)[C@H](Cc2ccccc2)C(=O)NC2CCCCC2)S(=O)(=O)c2ccccc2)c1. The second kappa shape index (κ2) is 15.6. The first-order chi connectivity index (χ1) is 22.6. The van der Waals surface area contributed by atoms with Gasteiger partial charge >= 0.3 is 0 Å². The van der Waals surface area contributed by atoms with Gasteiger partial charge in [0.2, 0.25) is 11.8 Å². The molecular formula is C38H42ClN3O4S. The quantitative estimate of drug-likeness (QED) is 0.172. The molecule has 0 aromatic heterocycles. The van der Waals surface area contributed by atoms with Crippen molar-refractivity contribution < 1.29 is 18.0 Å². The zero-order chi connectivity index (χ0) is 33.4. The number of carbonyl (C=O) groups is 2. The summed E-state index contributed by atoms with van der Waals surface area (Å²) in [6.45, 7) is 3.32. The Bertz CT molecular complexity index is 1760. The maximum atomic E-state index is 14.7. The van der Waals surface area contributed by atoms with Crippen LogP contribution in [0.5, 0.6) is 0 Å². The molecule has 1 atom stereocenters. The molecule has 0 saturated heterocycles. The maximum Gasteiger partial charge on any atom is 0.264 e. The van der Waals surface area contributed by atoms with E-state index in [1.54, 1.807) is 36.4 Å². The number of benzene rings is 4. The van der Waals surface area contributed by atoms with Gasteiger partial charge in [-0.2, -0.15) is 0 Å². The van der Waals surface area contributed by atoms with Crippen LogP contribution < -0.4 is 9.62 Å². The van der Waals surface area contributed by atoms with Crippen LogP contribution in [0.1, 0.15) is 54.4 Å². The minimum atomic E-state index is -4.16. The Kier molecular flexibility index (Phi) is 11.4. The first-order valence-electron chi connectivity index (χ1n) is 16.1. The summed E-state index contributed by atoms with van der Waals surface area (Å²) in [6, 6.07) is 29.6. The lowest BCUT2D eigenvalue weighted by molar-refractivity contribution is -0.140. The fraction of sp³-hybridized carbons (Fsp3) is 0.316. The monoisotopic (exact) mass is 671 g/mol. The molecule has 246 valence electrons. The first-order valence-corrected chi connectivity index (χ1v) is 18.0. The lowest BCUT2D eigenvalue weighted by Crippen LogP contribution is -2.55. The van der Waals surface area contributed by atoms with Gasteiger partial charge < -0.3 is 10.2 Å². The van der Waals surface area contributed by atoms with E-state index in [1.807, 2.05) is 68.4 Å². The summed E-state index contributed by atoms with van der Waals surface area (Å²) in [5.74, 6) is -0.729. The van der Waals surface area contributed by atoms with Crippen LogP contribution in [-0.2, 0) is 32.6 Å². The standard InChI is InChI=1S/C38H42ClN3O4S/c1-28-18-19-29(2)35(24-28)42(47(45,46)34-16-10-5-11-17-34)27-37(43)41(26-31-20-22-32(39)23-21-31)36(25-30-12-6-3-7-13-30)38(44)40-33-14-8-4-9-15-33/h3,5-7,10-13,16-24,33,36H,4,8-9,14-15,25-27H2,1-2H3,(H,40,44)/t36-/m1/s1. The molecule has 47 heavy (non-hydrogen) atoms. The number of hydrogen-bond donors (Lipinski definition) is 1. The van der Waals surface area contributed by atoms with Crippen LogP contribution in [0.25, 0.3) is 0 Å². The number of carbonyl (C=O) groups excluding carboxylic acids is 2. The Morgan fingerprint density at radius 3 is 2.13 bits per heavy atom. The van der Waals surface area contributed by atoms with Crippen LogP contribution >= 0.6 is 11.6 Å². The summed E-state index contributed by atoms with van der Waals surface area (Å²) >= 11 is 6.19. The molecule has 2 amide bonds. The van der Waals surface area contributed by atoms with Gasteiger partial charge in [0.05, 0.1) is 10.6 Å². The summed E-state index contributed by atoms with van der Waals surface area (Å²) in [6.07, 6.45) is 5.29. The van der Waals surface area contributed by atoms with E-state index in [4.69, 9.17) is 11.6 Å². The van der Waals surface area contributed by atoms with Gasteiger partial charge in [0.25, 0.3) is 10.0 Å². The molecule has 1 saturated carbocycles. The molecule has 7 nitrogen and oxygen atoms in total. The number of rotatable bonds is 12. The van der Waals surface area contributed by atoms with Crippen molar-refractivity contribution in [1.29, 1.82) is 0 Å². The first kappa shape index (κ1) is 34.2. The highest BCUT2D eigenvalue weighted by Gasteiger charge is 2.35. The fourth-order valence-electron chi connectivity index (χ4n) is 6.11. The Labute approximate surface area is 283 Å². The van der Waals surface area contributed by atoms with E-state index in [2.05, 4.69) is 5.32 Å². The molecule has 1 N–H and O–H groups in total. The number of anilines is 1. The van der Waals surface area contributed by atoms with Crippen molar-refractivity contribution in [2.45, 2.75) is 75.9 Å².